The molecule has 1 saturated heterocycles. The Bertz CT molecular complexity index is 648. The minimum Gasteiger partial charge on any atom is -0.381 e. The number of amides is 1. The van der Waals surface area contributed by atoms with Gasteiger partial charge in [-0.1, -0.05) is 12.1 Å². The molecule has 6 heteroatoms. The van der Waals surface area contributed by atoms with Crippen LogP contribution in [-0.4, -0.2) is 34.9 Å². The summed E-state index contributed by atoms with van der Waals surface area (Å²) in [6, 6.07) is 9.31. The molecule has 6 nitrogen and oxygen atoms in total. The number of nitrogens with two attached hydrogens (primary N) is 1. The summed E-state index contributed by atoms with van der Waals surface area (Å²) in [5.41, 5.74) is 8.15. The van der Waals surface area contributed by atoms with Gasteiger partial charge in [0.15, 0.2) is 0 Å². The fourth-order valence-corrected chi connectivity index (χ4v) is 3.02. The van der Waals surface area contributed by atoms with Crippen molar-refractivity contribution in [2.75, 3.05) is 13.2 Å². The number of rotatable bonds is 5. The lowest BCUT2D eigenvalue weighted by Crippen LogP contribution is -2.47. The largest absolute Gasteiger partial charge is 0.381 e. The molecule has 1 amide bonds. The first kappa shape index (κ1) is 16.7. The molecule has 3 N–H and O–H groups in total. The lowest BCUT2D eigenvalue weighted by Gasteiger charge is -2.28. The molecule has 24 heavy (non-hydrogen) atoms. The van der Waals surface area contributed by atoms with Gasteiger partial charge in [0.1, 0.15) is 0 Å². The van der Waals surface area contributed by atoms with Crippen molar-refractivity contribution < 1.29 is 9.53 Å². The number of ether oxygens (including phenoxy) is 1. The van der Waals surface area contributed by atoms with Crippen LogP contribution in [0.4, 0.5) is 0 Å². The summed E-state index contributed by atoms with van der Waals surface area (Å²) in [5.74, 6) is 0.110. The highest BCUT2D eigenvalue weighted by atomic mass is 16.5. The van der Waals surface area contributed by atoms with Crippen LogP contribution in [0.5, 0.6) is 0 Å². The van der Waals surface area contributed by atoms with Crippen LogP contribution < -0.4 is 11.1 Å². The molecule has 1 aliphatic rings. The quantitative estimate of drug-likeness (QED) is 0.877. The molecule has 1 fully saturated rings. The molecule has 2 unspecified atom stereocenters. The van der Waals surface area contributed by atoms with Crippen LogP contribution in [0.25, 0.3) is 5.69 Å². The van der Waals surface area contributed by atoms with Gasteiger partial charge in [-0.15, -0.1) is 0 Å². The number of nitrogens with one attached hydrogen (secondary N) is 1. The maximum absolute atomic E-state index is 12.4. The van der Waals surface area contributed by atoms with Gasteiger partial charge in [0, 0.05) is 25.6 Å². The monoisotopic (exact) mass is 328 g/mol. The maximum Gasteiger partial charge on any atom is 0.237 e. The van der Waals surface area contributed by atoms with E-state index in [1.54, 1.807) is 10.9 Å². The lowest BCUT2D eigenvalue weighted by atomic mass is 9.91. The van der Waals surface area contributed by atoms with Gasteiger partial charge in [-0.3, -0.25) is 4.79 Å². The molecule has 0 bridgehead atoms. The normalized spacial score (nSPS) is 18.1. The zero-order chi connectivity index (χ0) is 16.9. The van der Waals surface area contributed by atoms with E-state index in [4.69, 9.17) is 10.5 Å². The molecule has 3 rings (SSSR count). The second kappa shape index (κ2) is 7.59. The summed E-state index contributed by atoms with van der Waals surface area (Å²) in [6.07, 6.45) is 5.34. The van der Waals surface area contributed by atoms with E-state index in [9.17, 15) is 4.79 Å². The first-order valence-corrected chi connectivity index (χ1v) is 8.39. The van der Waals surface area contributed by atoms with Crippen molar-refractivity contribution in [3.8, 4) is 5.69 Å². The average molecular weight is 328 g/mol. The Balaban J connectivity index is 1.59. The first-order valence-electron chi connectivity index (χ1n) is 8.39. The Kier molecular flexibility index (Phi) is 5.27. The van der Waals surface area contributed by atoms with Gasteiger partial charge in [0.2, 0.25) is 5.91 Å². The summed E-state index contributed by atoms with van der Waals surface area (Å²) in [4.78, 5) is 12.4. The van der Waals surface area contributed by atoms with E-state index in [1.165, 1.54) is 0 Å². The van der Waals surface area contributed by atoms with Crippen LogP contribution in [0.15, 0.2) is 42.7 Å². The number of aromatic nitrogens is 2. The highest BCUT2D eigenvalue weighted by Crippen LogP contribution is 2.19. The fourth-order valence-electron chi connectivity index (χ4n) is 3.02. The average Bonchev–Trinajstić information content (AvgIpc) is 3.16. The number of benzene rings is 1. The second-order valence-corrected chi connectivity index (χ2v) is 6.25. The Morgan fingerprint density at radius 2 is 2.04 bits per heavy atom. The predicted octanol–water partition coefficient (Wildman–Crippen LogP) is 1.80. The maximum atomic E-state index is 12.4. The summed E-state index contributed by atoms with van der Waals surface area (Å²) in [5, 5.41) is 7.22. The standard InChI is InChI=1S/C18H24N4O2/c1-13(21-18(23)17(19)15-7-11-24-12-8-15)14-3-5-16(6-4-14)22-10-2-9-20-22/h2-6,9-10,13,15,17H,7-8,11-12,19H2,1H3,(H,21,23). The van der Waals surface area contributed by atoms with Gasteiger partial charge < -0.3 is 15.8 Å². The van der Waals surface area contributed by atoms with Crippen LogP contribution in [0.2, 0.25) is 0 Å². The number of hydrogen-bond donors (Lipinski definition) is 2. The molecule has 1 aromatic carbocycles. The first-order chi connectivity index (χ1) is 11.6. The van der Waals surface area contributed by atoms with Crippen molar-refractivity contribution in [2.45, 2.75) is 31.8 Å². The zero-order valence-corrected chi connectivity index (χ0v) is 13.9. The van der Waals surface area contributed by atoms with Gasteiger partial charge >= 0.3 is 0 Å². The molecule has 0 saturated carbocycles. The Hall–Kier alpha value is -2.18. The van der Waals surface area contributed by atoms with Gasteiger partial charge in [-0.2, -0.15) is 5.10 Å². The molecule has 0 aliphatic carbocycles. The number of nitrogens with zero attached hydrogens (tertiary/aromatic N) is 2. The van der Waals surface area contributed by atoms with Crippen LogP contribution in [0.3, 0.4) is 0 Å². The van der Waals surface area contributed by atoms with E-state index >= 15 is 0 Å². The van der Waals surface area contributed by atoms with Crippen molar-refractivity contribution in [3.63, 3.8) is 0 Å². The summed E-state index contributed by atoms with van der Waals surface area (Å²) >= 11 is 0. The Morgan fingerprint density at radius 3 is 2.67 bits per heavy atom. The SMILES string of the molecule is CC(NC(=O)C(N)C1CCOCC1)c1ccc(-n2cccn2)cc1. The van der Waals surface area contributed by atoms with Crippen molar-refractivity contribution >= 4 is 5.91 Å². The summed E-state index contributed by atoms with van der Waals surface area (Å²) in [6.45, 7) is 3.35. The van der Waals surface area contributed by atoms with Crippen molar-refractivity contribution in [1.82, 2.24) is 15.1 Å². The van der Waals surface area contributed by atoms with E-state index in [2.05, 4.69) is 10.4 Å². The third kappa shape index (κ3) is 3.83. The topological polar surface area (TPSA) is 82.2 Å². The highest BCUT2D eigenvalue weighted by Gasteiger charge is 2.27. The van der Waals surface area contributed by atoms with Crippen LogP contribution in [0.1, 0.15) is 31.4 Å². The third-order valence-electron chi connectivity index (χ3n) is 4.60. The van der Waals surface area contributed by atoms with E-state index in [1.807, 2.05) is 43.5 Å². The second-order valence-electron chi connectivity index (χ2n) is 6.25. The van der Waals surface area contributed by atoms with Crippen LogP contribution in [0, 0.1) is 5.92 Å². The molecule has 1 aromatic heterocycles. The molecule has 2 aromatic rings. The molecule has 0 spiro atoms. The summed E-state index contributed by atoms with van der Waals surface area (Å²) in [7, 11) is 0. The molecular weight excluding hydrogens is 304 g/mol. The summed E-state index contributed by atoms with van der Waals surface area (Å²) < 4.78 is 7.13. The molecule has 2 heterocycles. The van der Waals surface area contributed by atoms with Gasteiger partial charge in [-0.05, 0) is 49.4 Å². The smallest absolute Gasteiger partial charge is 0.237 e. The van der Waals surface area contributed by atoms with Crippen molar-refractivity contribution in [3.05, 3.63) is 48.3 Å². The van der Waals surface area contributed by atoms with Gasteiger partial charge in [0.05, 0.1) is 17.8 Å². The minimum atomic E-state index is -0.473. The van der Waals surface area contributed by atoms with E-state index < -0.39 is 6.04 Å². The molecule has 0 radical (unpaired) electrons. The number of carbonyl (C=O) groups is 1. The molecule has 2 atom stereocenters. The molecule has 128 valence electrons. The lowest BCUT2D eigenvalue weighted by molar-refractivity contribution is -0.125. The third-order valence-corrected chi connectivity index (χ3v) is 4.60. The van der Waals surface area contributed by atoms with Crippen LogP contribution in [-0.2, 0) is 9.53 Å². The van der Waals surface area contributed by atoms with Gasteiger partial charge in [0.25, 0.3) is 0 Å². The zero-order valence-electron chi connectivity index (χ0n) is 13.9. The highest BCUT2D eigenvalue weighted by molar-refractivity contribution is 5.82. The van der Waals surface area contributed by atoms with E-state index in [0.717, 1.165) is 24.1 Å². The minimum absolute atomic E-state index is 0.0879. The molecular formula is C18H24N4O2. The fraction of sp³-hybridized carbons (Fsp3) is 0.444. The molecule has 1 aliphatic heterocycles. The van der Waals surface area contributed by atoms with E-state index in [0.29, 0.717) is 13.2 Å². The Morgan fingerprint density at radius 1 is 1.33 bits per heavy atom. The van der Waals surface area contributed by atoms with Crippen molar-refractivity contribution in [1.29, 1.82) is 0 Å². The van der Waals surface area contributed by atoms with E-state index in [-0.39, 0.29) is 17.9 Å². The van der Waals surface area contributed by atoms with Crippen molar-refractivity contribution in [2.24, 2.45) is 11.7 Å². The van der Waals surface area contributed by atoms with Gasteiger partial charge in [-0.25, -0.2) is 4.68 Å². The number of hydrogen-bond acceptors (Lipinski definition) is 4. The Labute approximate surface area is 142 Å². The number of carbonyl (C=O) groups excluding carboxylic acids is 1. The predicted molar refractivity (Wildman–Crippen MR) is 91.6 cm³/mol. The van der Waals surface area contributed by atoms with Crippen LogP contribution >= 0.6 is 0 Å².